The Hall–Kier alpha value is -3.14. The number of hydrogen-bond acceptors (Lipinski definition) is 6. The second kappa shape index (κ2) is 9.15. The van der Waals surface area contributed by atoms with Crippen LogP contribution in [0.5, 0.6) is 0 Å². The van der Waals surface area contributed by atoms with Crippen LogP contribution in [0.4, 0.5) is 11.4 Å². The molecule has 0 amide bonds. The molecule has 0 spiro atoms. The highest BCUT2D eigenvalue weighted by molar-refractivity contribution is 9.10. The molecule has 0 aliphatic rings. The van der Waals surface area contributed by atoms with Crippen LogP contribution in [-0.2, 0) is 14.8 Å². The van der Waals surface area contributed by atoms with Crippen LogP contribution in [0, 0.1) is 0 Å². The number of fused-ring (bicyclic) bond motifs is 1. The minimum atomic E-state index is -3.74. The average molecular weight is 533 g/mol. The van der Waals surface area contributed by atoms with Gasteiger partial charge in [-0.1, -0.05) is 27.5 Å². The van der Waals surface area contributed by atoms with E-state index in [1.54, 1.807) is 54.6 Å². The van der Waals surface area contributed by atoms with E-state index in [0.717, 1.165) is 4.47 Å². The molecule has 2 N–H and O–H groups in total. The smallest absolute Gasteiger partial charge is 0.261 e. The molecule has 0 aliphatic heterocycles. The molecule has 4 rings (SSSR count). The predicted molar refractivity (Wildman–Crippen MR) is 128 cm³/mol. The fourth-order valence-electron chi connectivity index (χ4n) is 2.79. The van der Waals surface area contributed by atoms with Gasteiger partial charge in [-0.15, -0.1) is 0 Å². The Bertz CT molecular complexity index is 1420. The first-order valence-electron chi connectivity index (χ1n) is 9.21. The molecule has 0 saturated carbocycles. The van der Waals surface area contributed by atoms with Crippen molar-refractivity contribution < 1.29 is 17.6 Å². The van der Waals surface area contributed by atoms with E-state index < -0.39 is 10.0 Å². The molecule has 0 bridgehead atoms. The zero-order valence-corrected chi connectivity index (χ0v) is 19.4. The van der Waals surface area contributed by atoms with Crippen LogP contribution in [0.15, 0.2) is 86.7 Å². The third kappa shape index (κ3) is 5.01. The number of allylic oxidation sites excluding steroid dienone is 1. The van der Waals surface area contributed by atoms with E-state index in [-0.39, 0.29) is 16.4 Å². The molecular weight excluding hydrogens is 518 g/mol. The molecule has 162 valence electrons. The lowest BCUT2D eigenvalue weighted by Crippen LogP contribution is -2.12. The van der Waals surface area contributed by atoms with Crippen molar-refractivity contribution in [2.45, 2.75) is 4.90 Å². The van der Waals surface area contributed by atoms with Crippen LogP contribution >= 0.6 is 27.5 Å². The SMILES string of the molecule is O=C/C(=C/Nc1ccc(S(=O)(=O)Nc2ccc(Br)cc2)cc1)c1nc2cc(Cl)ccc2o1. The third-order valence-electron chi connectivity index (χ3n) is 4.38. The molecule has 0 saturated heterocycles. The number of carbonyl (C=O) groups excluding carboxylic acids is 1. The number of benzene rings is 3. The minimum absolute atomic E-state index is 0.0985. The maximum Gasteiger partial charge on any atom is 0.261 e. The highest BCUT2D eigenvalue weighted by Crippen LogP contribution is 2.24. The van der Waals surface area contributed by atoms with Gasteiger partial charge in [-0.2, -0.15) is 0 Å². The molecule has 0 aliphatic carbocycles. The summed E-state index contributed by atoms with van der Waals surface area (Å²) in [6, 6.07) is 17.9. The standard InChI is InChI=1S/C22H15BrClN3O4S/c23-15-1-4-18(5-2-15)27-32(29,30)19-8-6-17(7-9-19)25-12-14(13-28)22-26-20-11-16(24)3-10-21(20)31-22/h1-13,25,27H/b14-12-. The number of sulfonamides is 1. The van der Waals surface area contributed by atoms with Gasteiger partial charge in [0, 0.05) is 27.1 Å². The van der Waals surface area contributed by atoms with E-state index in [1.807, 2.05) is 0 Å². The summed E-state index contributed by atoms with van der Waals surface area (Å²) in [7, 11) is -3.74. The summed E-state index contributed by atoms with van der Waals surface area (Å²) in [6.45, 7) is 0. The number of carbonyl (C=O) groups is 1. The van der Waals surface area contributed by atoms with Gasteiger partial charge >= 0.3 is 0 Å². The summed E-state index contributed by atoms with van der Waals surface area (Å²) in [5.41, 5.74) is 2.25. The van der Waals surface area contributed by atoms with Crippen molar-refractivity contribution in [3.8, 4) is 0 Å². The van der Waals surface area contributed by atoms with E-state index in [1.165, 1.54) is 18.3 Å². The number of anilines is 2. The Labute approximate surface area is 197 Å². The molecular formula is C22H15BrClN3O4S. The number of oxazole rings is 1. The Morgan fingerprint density at radius 1 is 1.00 bits per heavy atom. The fourth-order valence-corrected chi connectivity index (χ4v) is 4.28. The number of nitrogens with one attached hydrogen (secondary N) is 2. The maximum absolute atomic E-state index is 12.6. The lowest BCUT2D eigenvalue weighted by Gasteiger charge is -2.09. The summed E-state index contributed by atoms with van der Waals surface area (Å²) in [5.74, 6) is 0.141. The molecule has 1 heterocycles. The molecule has 0 fully saturated rings. The zero-order chi connectivity index (χ0) is 22.7. The van der Waals surface area contributed by atoms with Gasteiger partial charge < -0.3 is 9.73 Å². The van der Waals surface area contributed by atoms with Gasteiger partial charge in [0.15, 0.2) is 11.9 Å². The largest absolute Gasteiger partial charge is 0.436 e. The molecule has 4 aromatic rings. The highest BCUT2D eigenvalue weighted by atomic mass is 79.9. The van der Waals surface area contributed by atoms with Crippen molar-refractivity contribution in [3.05, 3.63) is 88.3 Å². The van der Waals surface area contributed by atoms with E-state index >= 15 is 0 Å². The highest BCUT2D eigenvalue weighted by Gasteiger charge is 2.14. The Morgan fingerprint density at radius 2 is 1.69 bits per heavy atom. The van der Waals surface area contributed by atoms with Crippen molar-refractivity contribution in [2.24, 2.45) is 0 Å². The molecule has 3 aromatic carbocycles. The number of rotatable bonds is 7. The molecule has 0 unspecified atom stereocenters. The molecule has 32 heavy (non-hydrogen) atoms. The number of aldehydes is 1. The van der Waals surface area contributed by atoms with Gasteiger partial charge in [-0.05, 0) is 66.7 Å². The van der Waals surface area contributed by atoms with Crippen LogP contribution in [0.2, 0.25) is 5.02 Å². The second-order valence-electron chi connectivity index (χ2n) is 6.63. The summed E-state index contributed by atoms with van der Waals surface area (Å²) in [4.78, 5) is 15.9. The minimum Gasteiger partial charge on any atom is -0.436 e. The first-order chi connectivity index (χ1) is 15.3. The Balaban J connectivity index is 1.50. The van der Waals surface area contributed by atoms with Gasteiger partial charge in [-0.3, -0.25) is 9.52 Å². The summed E-state index contributed by atoms with van der Waals surface area (Å²) in [6.07, 6.45) is 2.04. The van der Waals surface area contributed by atoms with Crippen molar-refractivity contribution in [1.82, 2.24) is 4.98 Å². The van der Waals surface area contributed by atoms with Crippen LogP contribution < -0.4 is 10.0 Å². The lowest BCUT2D eigenvalue weighted by molar-refractivity contribution is -0.103. The first-order valence-corrected chi connectivity index (χ1v) is 11.9. The number of aromatic nitrogens is 1. The molecule has 0 atom stereocenters. The van der Waals surface area contributed by atoms with Gasteiger partial charge in [0.05, 0.1) is 10.5 Å². The van der Waals surface area contributed by atoms with E-state index in [0.29, 0.717) is 33.8 Å². The fraction of sp³-hybridized carbons (Fsp3) is 0. The lowest BCUT2D eigenvalue weighted by atomic mass is 10.3. The van der Waals surface area contributed by atoms with Crippen molar-refractivity contribution >= 4 is 71.9 Å². The third-order valence-corrected chi connectivity index (χ3v) is 6.54. The van der Waals surface area contributed by atoms with Gasteiger partial charge in [0.25, 0.3) is 10.0 Å². The predicted octanol–water partition coefficient (Wildman–Crippen LogP) is 5.70. The zero-order valence-electron chi connectivity index (χ0n) is 16.2. The van der Waals surface area contributed by atoms with Crippen molar-refractivity contribution in [1.29, 1.82) is 0 Å². The number of nitrogens with zero attached hydrogens (tertiary/aromatic N) is 1. The van der Waals surface area contributed by atoms with Gasteiger partial charge in [0.1, 0.15) is 5.52 Å². The summed E-state index contributed by atoms with van der Waals surface area (Å²) >= 11 is 9.26. The van der Waals surface area contributed by atoms with Gasteiger partial charge in [0.2, 0.25) is 5.89 Å². The van der Waals surface area contributed by atoms with E-state index in [2.05, 4.69) is 31.0 Å². The van der Waals surface area contributed by atoms with Gasteiger partial charge in [-0.25, -0.2) is 13.4 Å². The first kappa shape index (κ1) is 22.1. The normalized spacial score (nSPS) is 12.0. The summed E-state index contributed by atoms with van der Waals surface area (Å²) < 4.78 is 34.1. The summed E-state index contributed by atoms with van der Waals surface area (Å²) in [5, 5.41) is 3.46. The quantitative estimate of drug-likeness (QED) is 0.234. The topological polar surface area (TPSA) is 101 Å². The van der Waals surface area contributed by atoms with Crippen molar-refractivity contribution in [3.63, 3.8) is 0 Å². The molecule has 7 nitrogen and oxygen atoms in total. The second-order valence-corrected chi connectivity index (χ2v) is 9.66. The number of halogens is 2. The Morgan fingerprint density at radius 3 is 2.38 bits per heavy atom. The van der Waals surface area contributed by atoms with Crippen LogP contribution in [0.1, 0.15) is 5.89 Å². The number of hydrogen-bond donors (Lipinski definition) is 2. The monoisotopic (exact) mass is 531 g/mol. The van der Waals surface area contributed by atoms with E-state index in [4.69, 9.17) is 16.0 Å². The van der Waals surface area contributed by atoms with Crippen LogP contribution in [0.25, 0.3) is 16.7 Å². The van der Waals surface area contributed by atoms with E-state index in [9.17, 15) is 13.2 Å². The average Bonchev–Trinajstić information content (AvgIpc) is 3.19. The molecule has 10 heteroatoms. The molecule has 1 aromatic heterocycles. The maximum atomic E-state index is 12.6. The van der Waals surface area contributed by atoms with Crippen molar-refractivity contribution in [2.75, 3.05) is 10.0 Å². The van der Waals surface area contributed by atoms with Crippen LogP contribution in [-0.4, -0.2) is 19.7 Å². The van der Waals surface area contributed by atoms with Crippen LogP contribution in [0.3, 0.4) is 0 Å². The Kier molecular flexibility index (Phi) is 6.31. The molecule has 0 radical (unpaired) electrons.